The summed E-state index contributed by atoms with van der Waals surface area (Å²) in [6, 6.07) is 0.297. The minimum atomic E-state index is 0.297. The monoisotopic (exact) mass is 237 g/mol. The van der Waals surface area contributed by atoms with Crippen LogP contribution in [-0.4, -0.2) is 53.8 Å². The molecule has 1 aromatic heterocycles. The van der Waals surface area contributed by atoms with Gasteiger partial charge in [-0.3, -0.25) is 4.90 Å². The predicted octanol–water partition coefficient (Wildman–Crippen LogP) is 0.191. The van der Waals surface area contributed by atoms with E-state index in [-0.39, 0.29) is 0 Å². The first-order valence-corrected chi connectivity index (χ1v) is 5.88. The summed E-state index contributed by atoms with van der Waals surface area (Å²) < 4.78 is 5.32. The fourth-order valence-electron chi connectivity index (χ4n) is 1.91. The van der Waals surface area contributed by atoms with Crippen molar-refractivity contribution in [1.29, 1.82) is 0 Å². The van der Waals surface area contributed by atoms with Crippen LogP contribution in [-0.2, 0) is 4.74 Å². The Balaban J connectivity index is 1.84. The van der Waals surface area contributed by atoms with Crippen molar-refractivity contribution in [3.05, 3.63) is 12.5 Å². The highest BCUT2D eigenvalue weighted by Crippen LogP contribution is 2.13. The summed E-state index contributed by atoms with van der Waals surface area (Å²) in [5.74, 6) is 0.709. The van der Waals surface area contributed by atoms with Crippen molar-refractivity contribution < 1.29 is 4.74 Å². The average Bonchev–Trinajstić information content (AvgIpc) is 2.33. The molecule has 1 fully saturated rings. The first-order chi connectivity index (χ1) is 8.25. The fraction of sp³-hybridized carbons (Fsp3) is 0.636. The Labute approximate surface area is 101 Å². The molecular weight excluding hydrogens is 218 g/mol. The lowest BCUT2D eigenvalue weighted by Gasteiger charge is -2.29. The van der Waals surface area contributed by atoms with Crippen molar-refractivity contribution in [3.8, 4) is 0 Å². The normalized spacial score (nSPS) is 18.9. The van der Waals surface area contributed by atoms with E-state index in [2.05, 4.69) is 27.1 Å². The largest absolute Gasteiger partial charge is 0.394 e. The first-order valence-electron chi connectivity index (χ1n) is 5.88. The number of aromatic nitrogens is 2. The van der Waals surface area contributed by atoms with Crippen LogP contribution in [0.15, 0.2) is 12.5 Å². The van der Waals surface area contributed by atoms with Crippen LogP contribution in [0.2, 0.25) is 0 Å². The second kappa shape index (κ2) is 5.79. The summed E-state index contributed by atoms with van der Waals surface area (Å²) in [5, 5.41) is 3.30. The van der Waals surface area contributed by atoms with Crippen molar-refractivity contribution in [3.63, 3.8) is 0 Å². The topological polar surface area (TPSA) is 76.3 Å². The van der Waals surface area contributed by atoms with Gasteiger partial charge >= 0.3 is 0 Å². The Hall–Kier alpha value is -1.40. The van der Waals surface area contributed by atoms with E-state index in [1.165, 1.54) is 6.33 Å². The highest BCUT2D eigenvalue weighted by molar-refractivity contribution is 5.59. The quantitative estimate of drug-likeness (QED) is 0.778. The van der Waals surface area contributed by atoms with E-state index >= 15 is 0 Å². The lowest BCUT2D eigenvalue weighted by atomic mass is 10.3. The molecule has 1 saturated heterocycles. The molecule has 0 aliphatic carbocycles. The Bertz CT molecular complexity index is 353. The van der Waals surface area contributed by atoms with Gasteiger partial charge in [-0.2, -0.15) is 0 Å². The van der Waals surface area contributed by atoms with Gasteiger partial charge in [-0.25, -0.2) is 9.97 Å². The minimum absolute atomic E-state index is 0.297. The van der Waals surface area contributed by atoms with E-state index in [1.54, 1.807) is 6.20 Å². The summed E-state index contributed by atoms with van der Waals surface area (Å²) in [6.07, 6.45) is 3.11. The van der Waals surface area contributed by atoms with Crippen molar-refractivity contribution in [2.24, 2.45) is 0 Å². The molecular formula is C11H19N5O. The van der Waals surface area contributed by atoms with Crippen LogP contribution in [0, 0.1) is 0 Å². The highest BCUT2D eigenvalue weighted by atomic mass is 16.5. The van der Waals surface area contributed by atoms with Crippen LogP contribution < -0.4 is 11.1 Å². The van der Waals surface area contributed by atoms with Crippen LogP contribution in [0.3, 0.4) is 0 Å². The summed E-state index contributed by atoms with van der Waals surface area (Å²) in [7, 11) is 0. The highest BCUT2D eigenvalue weighted by Gasteiger charge is 2.14. The Kier molecular flexibility index (Phi) is 4.11. The van der Waals surface area contributed by atoms with Gasteiger partial charge in [-0.15, -0.1) is 0 Å². The zero-order valence-electron chi connectivity index (χ0n) is 10.1. The van der Waals surface area contributed by atoms with Gasteiger partial charge in [-0.05, 0) is 6.92 Å². The van der Waals surface area contributed by atoms with Gasteiger partial charge in [0.25, 0.3) is 0 Å². The fourth-order valence-corrected chi connectivity index (χ4v) is 1.91. The molecule has 0 bridgehead atoms. The summed E-state index contributed by atoms with van der Waals surface area (Å²) in [5.41, 5.74) is 6.37. The molecule has 1 aliphatic rings. The average molecular weight is 237 g/mol. The molecule has 94 valence electrons. The summed E-state index contributed by atoms with van der Waals surface area (Å²) in [4.78, 5) is 10.4. The van der Waals surface area contributed by atoms with Gasteiger partial charge in [0.05, 0.1) is 25.1 Å². The number of ether oxygens (including phenoxy) is 1. The molecule has 1 aliphatic heterocycles. The van der Waals surface area contributed by atoms with Crippen LogP contribution >= 0.6 is 0 Å². The van der Waals surface area contributed by atoms with Gasteiger partial charge in [0, 0.05) is 25.7 Å². The minimum Gasteiger partial charge on any atom is -0.394 e. The molecule has 0 spiro atoms. The zero-order valence-corrected chi connectivity index (χ0v) is 10.1. The van der Waals surface area contributed by atoms with Gasteiger partial charge in [-0.1, -0.05) is 0 Å². The molecule has 6 nitrogen and oxygen atoms in total. The van der Waals surface area contributed by atoms with E-state index in [1.807, 2.05) is 0 Å². The van der Waals surface area contributed by atoms with E-state index in [0.29, 0.717) is 17.5 Å². The number of nitrogen functional groups attached to an aromatic ring is 1. The van der Waals surface area contributed by atoms with E-state index in [0.717, 1.165) is 32.8 Å². The van der Waals surface area contributed by atoms with E-state index in [9.17, 15) is 0 Å². The molecule has 6 heteroatoms. The lowest BCUT2D eigenvalue weighted by Crippen LogP contribution is -2.42. The molecule has 0 saturated carbocycles. The maximum atomic E-state index is 5.78. The second-order valence-corrected chi connectivity index (χ2v) is 4.29. The van der Waals surface area contributed by atoms with Crippen molar-refractivity contribution in [1.82, 2.24) is 14.9 Å². The third kappa shape index (κ3) is 3.54. The van der Waals surface area contributed by atoms with Crippen molar-refractivity contribution in [2.75, 3.05) is 43.9 Å². The van der Waals surface area contributed by atoms with Gasteiger partial charge in [0.1, 0.15) is 6.33 Å². The lowest BCUT2D eigenvalue weighted by molar-refractivity contribution is 0.0368. The van der Waals surface area contributed by atoms with Gasteiger partial charge in [0.15, 0.2) is 5.82 Å². The van der Waals surface area contributed by atoms with E-state index < -0.39 is 0 Å². The number of nitrogens with one attached hydrogen (secondary N) is 1. The number of rotatable bonds is 4. The SMILES string of the molecule is CC(CN1CCOCC1)Nc1ncncc1N. The first kappa shape index (κ1) is 12.1. The standard InChI is InChI=1S/C11H19N5O/c1-9(7-16-2-4-17-5-3-16)15-11-10(12)6-13-8-14-11/h6,8-9H,2-5,7,12H2,1H3,(H,13,14,15). The second-order valence-electron chi connectivity index (χ2n) is 4.29. The van der Waals surface area contributed by atoms with Crippen molar-refractivity contribution in [2.45, 2.75) is 13.0 Å². The summed E-state index contributed by atoms with van der Waals surface area (Å²) >= 11 is 0. The smallest absolute Gasteiger partial charge is 0.152 e. The number of hydrogen-bond acceptors (Lipinski definition) is 6. The molecule has 0 aromatic carbocycles. The maximum Gasteiger partial charge on any atom is 0.152 e. The van der Waals surface area contributed by atoms with E-state index in [4.69, 9.17) is 10.5 Å². The molecule has 1 aromatic rings. The Morgan fingerprint density at radius 2 is 2.29 bits per heavy atom. The molecule has 0 radical (unpaired) electrons. The van der Waals surface area contributed by atoms with Crippen LogP contribution in [0.4, 0.5) is 11.5 Å². The Morgan fingerprint density at radius 1 is 1.53 bits per heavy atom. The van der Waals surface area contributed by atoms with Crippen LogP contribution in [0.25, 0.3) is 0 Å². The molecule has 1 atom stereocenters. The Morgan fingerprint density at radius 3 is 3.00 bits per heavy atom. The summed E-state index contributed by atoms with van der Waals surface area (Å²) in [6.45, 7) is 6.71. The third-order valence-corrected chi connectivity index (χ3v) is 2.76. The molecule has 2 rings (SSSR count). The zero-order chi connectivity index (χ0) is 12.1. The number of nitrogens with two attached hydrogens (primary N) is 1. The number of hydrogen-bond donors (Lipinski definition) is 2. The van der Waals surface area contributed by atoms with Crippen molar-refractivity contribution >= 4 is 11.5 Å². The number of morpholine rings is 1. The van der Waals surface area contributed by atoms with Crippen LogP contribution in [0.1, 0.15) is 6.92 Å². The molecule has 3 N–H and O–H groups in total. The molecule has 17 heavy (non-hydrogen) atoms. The predicted molar refractivity (Wildman–Crippen MR) is 66.8 cm³/mol. The molecule has 0 amide bonds. The number of anilines is 2. The maximum absolute atomic E-state index is 5.78. The van der Waals surface area contributed by atoms with Gasteiger partial charge < -0.3 is 15.8 Å². The van der Waals surface area contributed by atoms with Gasteiger partial charge in [0.2, 0.25) is 0 Å². The molecule has 1 unspecified atom stereocenters. The van der Waals surface area contributed by atoms with Crippen LogP contribution in [0.5, 0.6) is 0 Å². The third-order valence-electron chi connectivity index (χ3n) is 2.76. The molecule has 2 heterocycles. The number of nitrogens with zero attached hydrogens (tertiary/aromatic N) is 3.